The maximum atomic E-state index is 12.3. The molecule has 2 rings (SSSR count). The number of carbonyl (C=O) groups excluding carboxylic acids is 1. The smallest absolute Gasteiger partial charge is 0.321 e. The zero-order chi connectivity index (χ0) is 15.3. The number of hydrogen-bond donors (Lipinski definition) is 1. The van der Waals surface area contributed by atoms with Gasteiger partial charge in [0.1, 0.15) is 0 Å². The summed E-state index contributed by atoms with van der Waals surface area (Å²) in [6.45, 7) is 0. The summed E-state index contributed by atoms with van der Waals surface area (Å²) in [6.07, 6.45) is -1.31. The number of halogens is 3. The molecule has 0 radical (unpaired) electrons. The molecule has 0 aliphatic carbocycles. The van der Waals surface area contributed by atoms with Crippen molar-refractivity contribution >= 4 is 23.4 Å². The van der Waals surface area contributed by atoms with Gasteiger partial charge in [-0.2, -0.15) is 13.2 Å². The van der Waals surface area contributed by atoms with Crippen molar-refractivity contribution in [3.8, 4) is 0 Å². The summed E-state index contributed by atoms with van der Waals surface area (Å²) in [6, 6.07) is 9.44. The van der Waals surface area contributed by atoms with Gasteiger partial charge in [0.05, 0.1) is 11.4 Å². The van der Waals surface area contributed by atoms with E-state index in [2.05, 4.69) is 10.3 Å². The van der Waals surface area contributed by atoms with Crippen LogP contribution in [0.4, 0.5) is 18.9 Å². The van der Waals surface area contributed by atoms with Crippen molar-refractivity contribution in [1.29, 1.82) is 0 Å². The maximum Gasteiger partial charge on any atom is 0.398 e. The predicted octanol–water partition coefficient (Wildman–Crippen LogP) is 3.99. The number of pyridine rings is 1. The van der Waals surface area contributed by atoms with Crippen LogP contribution in [0.5, 0.6) is 0 Å². The lowest BCUT2D eigenvalue weighted by Gasteiger charge is -2.11. The van der Waals surface area contributed by atoms with E-state index in [0.717, 1.165) is 0 Å². The van der Waals surface area contributed by atoms with Gasteiger partial charge in [0.25, 0.3) is 5.91 Å². The van der Waals surface area contributed by atoms with Crippen LogP contribution in [0, 0.1) is 0 Å². The van der Waals surface area contributed by atoms with Crippen molar-refractivity contribution in [2.24, 2.45) is 0 Å². The Morgan fingerprint density at radius 3 is 2.48 bits per heavy atom. The second kappa shape index (κ2) is 6.62. The van der Waals surface area contributed by atoms with Gasteiger partial charge in [-0.05, 0) is 24.3 Å². The molecule has 0 saturated carbocycles. The highest BCUT2D eigenvalue weighted by Gasteiger charge is 2.27. The molecule has 0 spiro atoms. The van der Waals surface area contributed by atoms with Crippen LogP contribution in [0.3, 0.4) is 0 Å². The van der Waals surface area contributed by atoms with E-state index in [1.165, 1.54) is 24.5 Å². The number of nitrogens with zero attached hydrogens (tertiary/aromatic N) is 1. The first kappa shape index (κ1) is 15.4. The minimum Gasteiger partial charge on any atom is -0.321 e. The molecule has 0 fully saturated rings. The van der Waals surface area contributed by atoms with Gasteiger partial charge >= 0.3 is 6.18 Å². The minimum atomic E-state index is -4.26. The lowest BCUT2D eigenvalue weighted by atomic mass is 10.2. The zero-order valence-electron chi connectivity index (χ0n) is 10.7. The molecule has 21 heavy (non-hydrogen) atoms. The number of alkyl halides is 3. The molecule has 0 unspecified atom stereocenters. The molecule has 0 saturated heterocycles. The van der Waals surface area contributed by atoms with E-state index >= 15 is 0 Å². The summed E-state index contributed by atoms with van der Waals surface area (Å²) in [4.78, 5) is 16.2. The summed E-state index contributed by atoms with van der Waals surface area (Å²) < 4.78 is 36.9. The minimum absolute atomic E-state index is 0.355. The number of anilines is 1. The van der Waals surface area contributed by atoms with Crippen LogP contribution < -0.4 is 5.32 Å². The van der Waals surface area contributed by atoms with Crippen molar-refractivity contribution in [3.63, 3.8) is 0 Å². The van der Waals surface area contributed by atoms with Gasteiger partial charge in [-0.25, -0.2) is 0 Å². The average molecular weight is 312 g/mol. The molecular weight excluding hydrogens is 301 g/mol. The molecule has 110 valence electrons. The highest BCUT2D eigenvalue weighted by atomic mass is 32.2. The number of amides is 1. The van der Waals surface area contributed by atoms with Crippen LogP contribution in [-0.2, 0) is 0 Å². The molecule has 0 aliphatic heterocycles. The SMILES string of the molecule is O=C(Nc1ccccc1SCC(F)(F)F)c1ccncc1. The van der Waals surface area contributed by atoms with Gasteiger partial charge in [0.2, 0.25) is 0 Å². The number of hydrogen-bond acceptors (Lipinski definition) is 3. The molecule has 3 nitrogen and oxygen atoms in total. The van der Waals surface area contributed by atoms with Gasteiger partial charge in [0, 0.05) is 22.9 Å². The van der Waals surface area contributed by atoms with Gasteiger partial charge in [-0.1, -0.05) is 12.1 Å². The van der Waals surface area contributed by atoms with Crippen LogP contribution >= 0.6 is 11.8 Å². The number of benzene rings is 1. The van der Waals surface area contributed by atoms with Gasteiger partial charge < -0.3 is 5.32 Å². The van der Waals surface area contributed by atoms with Gasteiger partial charge in [-0.15, -0.1) is 11.8 Å². The number of rotatable bonds is 4. The van der Waals surface area contributed by atoms with Crippen molar-refractivity contribution in [3.05, 3.63) is 54.4 Å². The fourth-order valence-corrected chi connectivity index (χ4v) is 2.32. The van der Waals surface area contributed by atoms with E-state index < -0.39 is 17.8 Å². The van der Waals surface area contributed by atoms with E-state index in [1.54, 1.807) is 24.3 Å². The summed E-state index contributed by atoms with van der Waals surface area (Å²) in [5.74, 6) is -1.40. The second-order valence-corrected chi connectivity index (χ2v) is 5.11. The van der Waals surface area contributed by atoms with E-state index in [1.807, 2.05) is 0 Å². The quantitative estimate of drug-likeness (QED) is 0.868. The van der Waals surface area contributed by atoms with Crippen molar-refractivity contribution in [1.82, 2.24) is 4.98 Å². The Labute approximate surface area is 123 Å². The van der Waals surface area contributed by atoms with Crippen LogP contribution in [0.1, 0.15) is 10.4 Å². The Balaban J connectivity index is 2.11. The van der Waals surface area contributed by atoms with Crippen LogP contribution in [-0.4, -0.2) is 22.8 Å². The Morgan fingerprint density at radius 2 is 1.81 bits per heavy atom. The normalized spacial score (nSPS) is 11.2. The highest BCUT2D eigenvalue weighted by molar-refractivity contribution is 7.99. The topological polar surface area (TPSA) is 42.0 Å². The van der Waals surface area contributed by atoms with Crippen LogP contribution in [0.25, 0.3) is 0 Å². The second-order valence-electron chi connectivity index (χ2n) is 4.09. The molecule has 7 heteroatoms. The molecule has 2 aromatic rings. The first-order chi connectivity index (χ1) is 9.96. The maximum absolute atomic E-state index is 12.3. The molecule has 0 bridgehead atoms. The number of nitrogens with one attached hydrogen (secondary N) is 1. The highest BCUT2D eigenvalue weighted by Crippen LogP contribution is 2.32. The molecule has 1 heterocycles. The molecule has 1 aromatic carbocycles. The fraction of sp³-hybridized carbons (Fsp3) is 0.143. The Morgan fingerprint density at radius 1 is 1.14 bits per heavy atom. The van der Waals surface area contributed by atoms with E-state index in [0.29, 0.717) is 27.9 Å². The molecular formula is C14H11F3N2OS. The lowest BCUT2D eigenvalue weighted by molar-refractivity contribution is -0.105. The number of para-hydroxylation sites is 1. The molecule has 1 N–H and O–H groups in total. The van der Waals surface area contributed by atoms with Crippen molar-refractivity contribution in [2.45, 2.75) is 11.1 Å². The number of carbonyl (C=O) groups is 1. The van der Waals surface area contributed by atoms with Gasteiger partial charge in [-0.3, -0.25) is 9.78 Å². The van der Waals surface area contributed by atoms with Gasteiger partial charge in [0.15, 0.2) is 0 Å². The molecule has 0 atom stereocenters. The standard InChI is InChI=1S/C14H11F3N2OS/c15-14(16,17)9-21-12-4-2-1-3-11(12)19-13(20)10-5-7-18-8-6-10/h1-8H,9H2,(H,19,20). The molecule has 0 aliphatic rings. The Bertz CT molecular complexity index is 617. The Hall–Kier alpha value is -2.02. The molecule has 1 aromatic heterocycles. The average Bonchev–Trinajstić information content (AvgIpc) is 2.46. The fourth-order valence-electron chi connectivity index (χ4n) is 1.55. The summed E-state index contributed by atoms with van der Waals surface area (Å²) in [5, 5.41) is 2.61. The van der Waals surface area contributed by atoms with Crippen LogP contribution in [0.15, 0.2) is 53.7 Å². The van der Waals surface area contributed by atoms with E-state index in [4.69, 9.17) is 0 Å². The van der Waals surface area contributed by atoms with E-state index in [9.17, 15) is 18.0 Å². The summed E-state index contributed by atoms with van der Waals surface area (Å²) in [5.41, 5.74) is 0.745. The number of thioether (sulfide) groups is 1. The third-order valence-corrected chi connectivity index (χ3v) is 3.61. The first-order valence-corrected chi connectivity index (χ1v) is 6.94. The third kappa shape index (κ3) is 4.78. The largest absolute Gasteiger partial charge is 0.398 e. The zero-order valence-corrected chi connectivity index (χ0v) is 11.5. The van der Waals surface area contributed by atoms with E-state index in [-0.39, 0.29) is 0 Å². The van der Waals surface area contributed by atoms with Crippen LogP contribution in [0.2, 0.25) is 0 Å². The summed E-state index contributed by atoms with van der Waals surface area (Å²) in [7, 11) is 0. The monoisotopic (exact) mass is 312 g/mol. The molecule has 1 amide bonds. The lowest BCUT2D eigenvalue weighted by Crippen LogP contribution is -2.14. The van der Waals surface area contributed by atoms with Crippen molar-refractivity contribution < 1.29 is 18.0 Å². The predicted molar refractivity (Wildman–Crippen MR) is 75.4 cm³/mol. The third-order valence-electron chi connectivity index (χ3n) is 2.47. The first-order valence-electron chi connectivity index (χ1n) is 5.96. The number of aromatic nitrogens is 1. The summed E-state index contributed by atoms with van der Waals surface area (Å²) >= 11 is 0.639. The Kier molecular flexibility index (Phi) is 4.85. The van der Waals surface area contributed by atoms with Crippen molar-refractivity contribution in [2.75, 3.05) is 11.1 Å².